The summed E-state index contributed by atoms with van der Waals surface area (Å²) in [5.41, 5.74) is 0.185. The number of aryl methyl sites for hydroxylation is 1. The molecule has 5 rings (SSSR count). The van der Waals surface area contributed by atoms with Gasteiger partial charge in [-0.15, -0.1) is 0 Å². The van der Waals surface area contributed by atoms with Gasteiger partial charge < -0.3 is 19.7 Å². The number of hydrogen-bond acceptors (Lipinski definition) is 7. The van der Waals surface area contributed by atoms with Crippen LogP contribution in [-0.4, -0.2) is 45.7 Å². The molecule has 1 atom stereocenters. The molecule has 11 nitrogen and oxygen atoms in total. The van der Waals surface area contributed by atoms with Crippen LogP contribution in [0.3, 0.4) is 0 Å². The maximum absolute atomic E-state index is 12.9. The van der Waals surface area contributed by atoms with Crippen molar-refractivity contribution in [3.05, 3.63) is 51.3 Å². The number of hydrogen-bond donors (Lipinski definition) is 1. The van der Waals surface area contributed by atoms with Crippen LogP contribution in [-0.2, 0) is 23.7 Å². The molecule has 2 aromatic heterocycles. The molecule has 2 aliphatic heterocycles. The minimum atomic E-state index is -0.579. The Hall–Kier alpha value is -4.15. The molecule has 2 amide bonds. The number of carbonyl (C=O) groups excluding carboxylic acids is 2. The number of ether oxygens (including phenoxy) is 2. The molecule has 0 spiro atoms. The molecule has 0 saturated carbocycles. The second-order valence-corrected chi connectivity index (χ2v) is 8.02. The third-order valence-corrected chi connectivity index (χ3v) is 5.89. The standard InChI is InChI=1S/C22H21N5O6/c1-25-19-15(21(30)26(2)22(25)31)8-13(10-23-19)24-20(29)12-7-18(28)27(11-12)14-3-4-16-17(9-14)33-6-5-32-16/h3-4,8-10,12H,5-7,11H2,1-2H3,(H,24,29). The van der Waals surface area contributed by atoms with E-state index in [4.69, 9.17) is 9.47 Å². The van der Waals surface area contributed by atoms with Crippen molar-refractivity contribution in [2.24, 2.45) is 20.0 Å². The average molecular weight is 451 g/mol. The van der Waals surface area contributed by atoms with Crippen molar-refractivity contribution < 1.29 is 19.1 Å². The number of aromatic nitrogens is 3. The molecular formula is C22H21N5O6. The highest BCUT2D eigenvalue weighted by Gasteiger charge is 2.35. The van der Waals surface area contributed by atoms with E-state index < -0.39 is 17.2 Å². The first-order chi connectivity index (χ1) is 15.8. The number of pyridine rings is 1. The Morgan fingerprint density at radius 3 is 2.61 bits per heavy atom. The van der Waals surface area contributed by atoms with Crippen molar-refractivity contribution in [1.29, 1.82) is 0 Å². The predicted molar refractivity (Wildman–Crippen MR) is 119 cm³/mol. The first kappa shape index (κ1) is 20.7. The Kier molecular flexibility index (Phi) is 4.88. The minimum Gasteiger partial charge on any atom is -0.486 e. The summed E-state index contributed by atoms with van der Waals surface area (Å²) in [4.78, 5) is 55.8. The van der Waals surface area contributed by atoms with Gasteiger partial charge in [0.1, 0.15) is 18.9 Å². The lowest BCUT2D eigenvalue weighted by Gasteiger charge is -2.22. The highest BCUT2D eigenvalue weighted by Crippen LogP contribution is 2.36. The van der Waals surface area contributed by atoms with E-state index in [0.717, 1.165) is 4.57 Å². The molecule has 1 saturated heterocycles. The summed E-state index contributed by atoms with van der Waals surface area (Å²) in [5.74, 6) is 0.0823. The number of benzene rings is 1. The van der Waals surface area contributed by atoms with Gasteiger partial charge >= 0.3 is 5.69 Å². The number of nitrogens with zero attached hydrogens (tertiary/aromatic N) is 4. The van der Waals surface area contributed by atoms with Gasteiger partial charge in [-0.2, -0.15) is 0 Å². The molecule has 3 aromatic rings. The van der Waals surface area contributed by atoms with Crippen LogP contribution in [0.15, 0.2) is 40.1 Å². The van der Waals surface area contributed by atoms with Crippen molar-refractivity contribution in [3.63, 3.8) is 0 Å². The molecular weight excluding hydrogens is 430 g/mol. The second-order valence-electron chi connectivity index (χ2n) is 8.02. The van der Waals surface area contributed by atoms with Crippen molar-refractivity contribution in [3.8, 4) is 11.5 Å². The summed E-state index contributed by atoms with van der Waals surface area (Å²) in [7, 11) is 2.90. The summed E-state index contributed by atoms with van der Waals surface area (Å²) in [6.07, 6.45) is 1.44. The van der Waals surface area contributed by atoms with Gasteiger partial charge in [0.25, 0.3) is 5.56 Å². The fraction of sp³-hybridized carbons (Fsp3) is 0.318. The van der Waals surface area contributed by atoms with Crippen LogP contribution in [0, 0.1) is 5.92 Å². The quantitative estimate of drug-likeness (QED) is 0.611. The first-order valence-corrected chi connectivity index (χ1v) is 10.4. The van der Waals surface area contributed by atoms with Gasteiger partial charge in [0.15, 0.2) is 11.5 Å². The molecule has 0 radical (unpaired) electrons. The van der Waals surface area contributed by atoms with Crippen LogP contribution in [0.5, 0.6) is 11.5 Å². The van der Waals surface area contributed by atoms with Gasteiger partial charge in [0.2, 0.25) is 11.8 Å². The molecule has 0 bridgehead atoms. The number of anilines is 2. The highest BCUT2D eigenvalue weighted by atomic mass is 16.6. The monoisotopic (exact) mass is 451 g/mol. The number of nitrogens with one attached hydrogen (secondary N) is 1. The lowest BCUT2D eigenvalue weighted by atomic mass is 10.1. The highest BCUT2D eigenvalue weighted by molar-refractivity contribution is 6.04. The van der Waals surface area contributed by atoms with E-state index in [-0.39, 0.29) is 35.8 Å². The Labute approximate surface area is 187 Å². The van der Waals surface area contributed by atoms with E-state index in [2.05, 4.69) is 10.3 Å². The second kappa shape index (κ2) is 7.76. The van der Waals surface area contributed by atoms with Crippen LogP contribution in [0.25, 0.3) is 11.0 Å². The average Bonchev–Trinajstić information content (AvgIpc) is 3.22. The van der Waals surface area contributed by atoms with E-state index in [1.807, 2.05) is 0 Å². The van der Waals surface area contributed by atoms with Gasteiger partial charge in [-0.3, -0.25) is 23.5 Å². The van der Waals surface area contributed by atoms with Crippen molar-refractivity contribution >= 4 is 34.2 Å². The van der Waals surface area contributed by atoms with Crippen molar-refractivity contribution in [2.45, 2.75) is 6.42 Å². The third kappa shape index (κ3) is 3.51. The molecule has 1 unspecified atom stereocenters. The van der Waals surface area contributed by atoms with E-state index >= 15 is 0 Å². The lowest BCUT2D eigenvalue weighted by Crippen LogP contribution is -2.37. The number of rotatable bonds is 3. The molecule has 1 aromatic carbocycles. The van der Waals surface area contributed by atoms with Gasteiger partial charge in [0, 0.05) is 38.8 Å². The summed E-state index contributed by atoms with van der Waals surface area (Å²) >= 11 is 0. The fourth-order valence-corrected chi connectivity index (χ4v) is 4.11. The zero-order valence-corrected chi connectivity index (χ0v) is 18.0. The van der Waals surface area contributed by atoms with Gasteiger partial charge in [-0.1, -0.05) is 0 Å². The van der Waals surface area contributed by atoms with Crippen LogP contribution < -0.4 is 30.9 Å². The van der Waals surface area contributed by atoms with Crippen molar-refractivity contribution in [1.82, 2.24) is 14.1 Å². The number of amides is 2. The molecule has 1 N–H and O–H groups in total. The summed E-state index contributed by atoms with van der Waals surface area (Å²) < 4.78 is 13.3. The largest absolute Gasteiger partial charge is 0.486 e. The molecule has 1 fully saturated rings. The Morgan fingerprint density at radius 1 is 1.06 bits per heavy atom. The van der Waals surface area contributed by atoms with E-state index in [0.29, 0.717) is 36.1 Å². The van der Waals surface area contributed by atoms with E-state index in [1.54, 1.807) is 23.1 Å². The molecule has 0 aliphatic carbocycles. The Balaban J connectivity index is 1.35. The van der Waals surface area contributed by atoms with Crippen LogP contribution in [0.2, 0.25) is 0 Å². The van der Waals surface area contributed by atoms with E-state index in [9.17, 15) is 19.2 Å². The molecule has 170 valence electrons. The van der Waals surface area contributed by atoms with Gasteiger partial charge in [0.05, 0.1) is 23.2 Å². The van der Waals surface area contributed by atoms with E-state index in [1.165, 1.54) is 30.9 Å². The molecule has 2 aliphatic rings. The van der Waals surface area contributed by atoms with Gasteiger partial charge in [-0.05, 0) is 18.2 Å². The third-order valence-electron chi connectivity index (χ3n) is 5.89. The maximum atomic E-state index is 12.9. The predicted octanol–water partition coefficient (Wildman–Crippen LogP) is 0.395. The summed E-state index contributed by atoms with van der Waals surface area (Å²) in [5, 5.41) is 2.95. The smallest absolute Gasteiger partial charge is 0.332 e. The zero-order valence-electron chi connectivity index (χ0n) is 18.0. The molecule has 33 heavy (non-hydrogen) atoms. The normalized spacial score (nSPS) is 17.5. The Morgan fingerprint density at radius 2 is 1.82 bits per heavy atom. The first-order valence-electron chi connectivity index (χ1n) is 10.4. The maximum Gasteiger partial charge on any atom is 0.332 e. The summed E-state index contributed by atoms with van der Waals surface area (Å²) in [6.45, 7) is 1.12. The molecule has 4 heterocycles. The van der Waals surface area contributed by atoms with Gasteiger partial charge in [-0.25, -0.2) is 9.78 Å². The van der Waals surface area contributed by atoms with Crippen LogP contribution in [0.4, 0.5) is 11.4 Å². The van der Waals surface area contributed by atoms with Crippen LogP contribution >= 0.6 is 0 Å². The summed E-state index contributed by atoms with van der Waals surface area (Å²) in [6, 6.07) is 6.73. The van der Waals surface area contributed by atoms with Crippen LogP contribution in [0.1, 0.15) is 6.42 Å². The lowest BCUT2D eigenvalue weighted by molar-refractivity contribution is -0.122. The minimum absolute atomic E-state index is 0.0531. The fourth-order valence-electron chi connectivity index (χ4n) is 4.11. The Bertz CT molecular complexity index is 1430. The topological polar surface area (TPSA) is 125 Å². The SMILES string of the molecule is Cn1c(=O)c2cc(NC(=O)C3CC(=O)N(c4ccc5c(c4)OCCO5)C3)cnc2n(C)c1=O. The number of fused-ring (bicyclic) bond motifs is 2. The van der Waals surface area contributed by atoms with Crippen molar-refractivity contribution in [2.75, 3.05) is 30.0 Å². The zero-order chi connectivity index (χ0) is 23.3. The number of carbonyl (C=O) groups is 2. The molecule has 11 heteroatoms.